The Balaban J connectivity index is 1.71. The maximum Gasteiger partial charge on any atom is 0.269 e. The normalized spacial score (nSPS) is 16.0. The van der Waals surface area contributed by atoms with Gasteiger partial charge in [-0.15, -0.1) is 0 Å². The number of ether oxygens (including phenoxy) is 1. The summed E-state index contributed by atoms with van der Waals surface area (Å²) in [7, 11) is 0. The number of anilines is 1. The fourth-order valence-electron chi connectivity index (χ4n) is 2.63. The Hall–Kier alpha value is -1.70. The number of aliphatic hydroxyl groups is 1. The van der Waals surface area contributed by atoms with Gasteiger partial charge in [0, 0.05) is 43.5 Å². The Morgan fingerprint density at radius 1 is 1.27 bits per heavy atom. The molecule has 1 fully saturated rings. The van der Waals surface area contributed by atoms with Crippen LogP contribution in [0.25, 0.3) is 0 Å². The smallest absolute Gasteiger partial charge is 0.269 e. The summed E-state index contributed by atoms with van der Waals surface area (Å²) in [5.41, 5.74) is 1.17. The third-order valence-electron chi connectivity index (χ3n) is 3.84. The second-order valence-electron chi connectivity index (χ2n) is 5.32. The minimum Gasteiger partial charge on any atom is -0.394 e. The number of nitrogens with zero attached hydrogens (tertiary/aromatic N) is 2. The maximum absolute atomic E-state index is 10.7. The SMILES string of the molecule is O=[N+]([O-])c1ccc(N2CCC(NCCOCCO)CC2)cc1. The zero-order valence-electron chi connectivity index (χ0n) is 12.6. The molecule has 7 nitrogen and oxygen atoms in total. The minimum absolute atomic E-state index is 0.0631. The molecule has 1 aliphatic heterocycles. The Kier molecular flexibility index (Phi) is 6.57. The average molecular weight is 309 g/mol. The molecule has 1 aliphatic rings. The molecule has 22 heavy (non-hydrogen) atoms. The van der Waals surface area contributed by atoms with Crippen LogP contribution in [0.1, 0.15) is 12.8 Å². The van der Waals surface area contributed by atoms with Crippen molar-refractivity contribution in [1.29, 1.82) is 0 Å². The van der Waals surface area contributed by atoms with Gasteiger partial charge in [0.15, 0.2) is 0 Å². The van der Waals surface area contributed by atoms with E-state index in [1.165, 1.54) is 0 Å². The van der Waals surface area contributed by atoms with Crippen molar-refractivity contribution in [1.82, 2.24) is 5.32 Å². The lowest BCUT2D eigenvalue weighted by Crippen LogP contribution is -2.43. The van der Waals surface area contributed by atoms with Gasteiger partial charge in [0.1, 0.15) is 0 Å². The lowest BCUT2D eigenvalue weighted by molar-refractivity contribution is -0.384. The molecule has 0 spiro atoms. The van der Waals surface area contributed by atoms with Crippen molar-refractivity contribution in [2.45, 2.75) is 18.9 Å². The second-order valence-corrected chi connectivity index (χ2v) is 5.32. The molecule has 1 heterocycles. The lowest BCUT2D eigenvalue weighted by atomic mass is 10.0. The van der Waals surface area contributed by atoms with E-state index in [-0.39, 0.29) is 17.2 Å². The van der Waals surface area contributed by atoms with Crippen LogP contribution >= 0.6 is 0 Å². The van der Waals surface area contributed by atoms with E-state index in [0.29, 0.717) is 19.3 Å². The highest BCUT2D eigenvalue weighted by atomic mass is 16.6. The molecule has 1 aromatic rings. The number of nitrogens with one attached hydrogen (secondary N) is 1. The monoisotopic (exact) mass is 309 g/mol. The number of hydrogen-bond acceptors (Lipinski definition) is 6. The van der Waals surface area contributed by atoms with Crippen LogP contribution in [-0.4, -0.2) is 55.5 Å². The van der Waals surface area contributed by atoms with Gasteiger partial charge in [-0.05, 0) is 25.0 Å². The molecule has 0 aliphatic carbocycles. The highest BCUT2D eigenvalue weighted by Crippen LogP contribution is 2.22. The summed E-state index contributed by atoms with van der Waals surface area (Å²) in [5, 5.41) is 22.7. The van der Waals surface area contributed by atoms with Crippen molar-refractivity contribution in [2.75, 3.05) is 44.4 Å². The van der Waals surface area contributed by atoms with Crippen LogP contribution in [-0.2, 0) is 4.74 Å². The van der Waals surface area contributed by atoms with E-state index in [9.17, 15) is 10.1 Å². The molecule has 122 valence electrons. The van der Waals surface area contributed by atoms with Crippen LogP contribution < -0.4 is 10.2 Å². The van der Waals surface area contributed by atoms with Crippen molar-refractivity contribution in [3.05, 3.63) is 34.4 Å². The van der Waals surface area contributed by atoms with Crippen molar-refractivity contribution < 1.29 is 14.8 Å². The van der Waals surface area contributed by atoms with Gasteiger partial charge in [0.05, 0.1) is 24.7 Å². The largest absolute Gasteiger partial charge is 0.394 e. The molecule has 7 heteroatoms. The van der Waals surface area contributed by atoms with Crippen LogP contribution in [0.15, 0.2) is 24.3 Å². The van der Waals surface area contributed by atoms with Gasteiger partial charge in [0.25, 0.3) is 5.69 Å². The quantitative estimate of drug-likeness (QED) is 0.426. The third kappa shape index (κ3) is 4.94. The summed E-state index contributed by atoms with van der Waals surface area (Å²) >= 11 is 0. The number of aliphatic hydroxyl groups excluding tert-OH is 1. The summed E-state index contributed by atoms with van der Waals surface area (Å²) in [6.45, 7) is 3.74. The van der Waals surface area contributed by atoms with E-state index in [4.69, 9.17) is 9.84 Å². The first-order chi connectivity index (χ1) is 10.7. The lowest BCUT2D eigenvalue weighted by Gasteiger charge is -2.34. The summed E-state index contributed by atoms with van der Waals surface area (Å²) < 4.78 is 5.22. The van der Waals surface area contributed by atoms with Crippen LogP contribution in [0.4, 0.5) is 11.4 Å². The molecule has 0 radical (unpaired) electrons. The third-order valence-corrected chi connectivity index (χ3v) is 3.84. The molecule has 0 unspecified atom stereocenters. The van der Waals surface area contributed by atoms with Gasteiger partial charge in [-0.2, -0.15) is 0 Å². The van der Waals surface area contributed by atoms with E-state index in [0.717, 1.165) is 38.2 Å². The molecule has 2 N–H and O–H groups in total. The zero-order valence-corrected chi connectivity index (χ0v) is 12.6. The first-order valence-electron chi connectivity index (χ1n) is 7.62. The minimum atomic E-state index is -0.376. The van der Waals surface area contributed by atoms with Crippen molar-refractivity contribution in [3.8, 4) is 0 Å². The van der Waals surface area contributed by atoms with Crippen molar-refractivity contribution in [3.63, 3.8) is 0 Å². The molecule has 1 aromatic carbocycles. The predicted molar refractivity (Wildman–Crippen MR) is 84.2 cm³/mol. The molecule has 0 saturated carbocycles. The first-order valence-corrected chi connectivity index (χ1v) is 7.62. The number of nitro groups is 1. The Bertz CT molecular complexity index is 458. The number of benzene rings is 1. The van der Waals surface area contributed by atoms with E-state index in [2.05, 4.69) is 10.2 Å². The molecule has 1 saturated heterocycles. The van der Waals surface area contributed by atoms with Crippen LogP contribution in [0.2, 0.25) is 0 Å². The number of nitro benzene ring substituents is 1. The average Bonchev–Trinajstić information content (AvgIpc) is 2.55. The highest BCUT2D eigenvalue weighted by Gasteiger charge is 2.19. The van der Waals surface area contributed by atoms with Gasteiger partial charge in [-0.3, -0.25) is 10.1 Å². The fraction of sp³-hybridized carbons (Fsp3) is 0.600. The van der Waals surface area contributed by atoms with Crippen molar-refractivity contribution >= 4 is 11.4 Å². The van der Waals surface area contributed by atoms with Gasteiger partial charge >= 0.3 is 0 Å². The van der Waals surface area contributed by atoms with E-state index < -0.39 is 0 Å². The summed E-state index contributed by atoms with van der Waals surface area (Å²) in [6.07, 6.45) is 2.08. The topological polar surface area (TPSA) is 87.9 Å². The molecule has 0 bridgehead atoms. The molecule has 0 amide bonds. The van der Waals surface area contributed by atoms with Gasteiger partial charge in [0.2, 0.25) is 0 Å². The fourth-order valence-corrected chi connectivity index (χ4v) is 2.63. The number of hydrogen-bond donors (Lipinski definition) is 2. The van der Waals surface area contributed by atoms with Gasteiger partial charge in [-0.1, -0.05) is 0 Å². The molecule has 2 rings (SSSR count). The Morgan fingerprint density at radius 3 is 2.55 bits per heavy atom. The maximum atomic E-state index is 10.7. The summed E-state index contributed by atoms with van der Waals surface area (Å²) in [5.74, 6) is 0. The van der Waals surface area contributed by atoms with E-state index in [1.807, 2.05) is 12.1 Å². The van der Waals surface area contributed by atoms with Gasteiger partial charge < -0.3 is 20.1 Å². The van der Waals surface area contributed by atoms with E-state index >= 15 is 0 Å². The number of rotatable bonds is 8. The predicted octanol–water partition coefficient (Wildman–Crippen LogP) is 1.16. The Morgan fingerprint density at radius 2 is 1.95 bits per heavy atom. The molecular formula is C15H23N3O4. The molecule has 0 atom stereocenters. The zero-order chi connectivity index (χ0) is 15.8. The van der Waals surface area contributed by atoms with Crippen molar-refractivity contribution in [2.24, 2.45) is 0 Å². The molecule has 0 aromatic heterocycles. The van der Waals surface area contributed by atoms with E-state index in [1.54, 1.807) is 12.1 Å². The Labute approximate surface area is 130 Å². The number of piperidine rings is 1. The van der Waals surface area contributed by atoms with Crippen LogP contribution in [0.5, 0.6) is 0 Å². The first kappa shape index (κ1) is 16.7. The summed E-state index contributed by atoms with van der Waals surface area (Å²) in [4.78, 5) is 12.5. The number of non-ortho nitro benzene ring substituents is 1. The van der Waals surface area contributed by atoms with Gasteiger partial charge in [-0.25, -0.2) is 0 Å². The highest BCUT2D eigenvalue weighted by molar-refractivity contribution is 5.51. The van der Waals surface area contributed by atoms with Crippen LogP contribution in [0.3, 0.4) is 0 Å². The standard InChI is InChI=1S/C15H23N3O4/c19-10-12-22-11-7-16-13-5-8-17(9-6-13)14-1-3-15(4-2-14)18(20)21/h1-4,13,16,19H,5-12H2. The second kappa shape index (κ2) is 8.67. The molecular weight excluding hydrogens is 286 g/mol. The van der Waals surface area contributed by atoms with Crippen LogP contribution in [0, 0.1) is 10.1 Å². The summed E-state index contributed by atoms with van der Waals surface area (Å²) in [6, 6.07) is 7.21.